The predicted molar refractivity (Wildman–Crippen MR) is 63.9 cm³/mol. The van der Waals surface area contributed by atoms with Gasteiger partial charge in [0.15, 0.2) is 0 Å². The molecule has 0 aliphatic heterocycles. The number of fused-ring (bicyclic) bond motifs is 2. The van der Waals surface area contributed by atoms with E-state index in [1.807, 2.05) is 20.8 Å². The molecule has 0 aromatic rings. The summed E-state index contributed by atoms with van der Waals surface area (Å²) < 4.78 is 5.25. The molecular weight excluding hydrogens is 200 g/mol. The van der Waals surface area contributed by atoms with Gasteiger partial charge in [0, 0.05) is 6.08 Å². The van der Waals surface area contributed by atoms with E-state index < -0.39 is 0 Å². The summed E-state index contributed by atoms with van der Waals surface area (Å²) in [7, 11) is 0. The Hall–Kier alpha value is -0.790. The van der Waals surface area contributed by atoms with Crippen LogP contribution in [0.3, 0.4) is 0 Å². The standard InChI is InChI=1S/C14H22O2/c1-14(2,3)16-13(15)7-6-12-9-10-4-5-11(12)8-10/h6-7,10-12H,4-5,8-9H2,1-3H3/b7-6+. The number of carbonyl (C=O) groups excluding carboxylic acids is 1. The van der Waals surface area contributed by atoms with E-state index in [0.29, 0.717) is 5.92 Å². The zero-order valence-electron chi connectivity index (χ0n) is 10.5. The van der Waals surface area contributed by atoms with Crippen molar-refractivity contribution in [3.8, 4) is 0 Å². The second-order valence-electron chi connectivity index (χ2n) is 6.23. The molecule has 2 bridgehead atoms. The van der Waals surface area contributed by atoms with E-state index in [1.54, 1.807) is 6.08 Å². The molecule has 0 radical (unpaired) electrons. The highest BCUT2D eigenvalue weighted by molar-refractivity contribution is 5.82. The van der Waals surface area contributed by atoms with Crippen molar-refractivity contribution in [2.45, 2.75) is 52.1 Å². The quantitative estimate of drug-likeness (QED) is 0.529. The molecule has 2 fully saturated rings. The molecular formula is C14H22O2. The van der Waals surface area contributed by atoms with Gasteiger partial charge in [-0.3, -0.25) is 0 Å². The molecule has 2 aliphatic rings. The summed E-state index contributed by atoms with van der Waals surface area (Å²) in [5.74, 6) is 2.20. The molecule has 0 spiro atoms. The Balaban J connectivity index is 1.83. The molecule has 2 heteroatoms. The monoisotopic (exact) mass is 222 g/mol. The van der Waals surface area contributed by atoms with Crippen LogP contribution in [0.15, 0.2) is 12.2 Å². The van der Waals surface area contributed by atoms with Crippen molar-refractivity contribution in [1.29, 1.82) is 0 Å². The van der Waals surface area contributed by atoms with Gasteiger partial charge in [0.2, 0.25) is 0 Å². The van der Waals surface area contributed by atoms with Crippen LogP contribution in [-0.2, 0) is 9.53 Å². The molecule has 0 aromatic heterocycles. The van der Waals surface area contributed by atoms with Crippen molar-refractivity contribution in [2.24, 2.45) is 17.8 Å². The molecule has 2 nitrogen and oxygen atoms in total. The van der Waals surface area contributed by atoms with Crippen molar-refractivity contribution < 1.29 is 9.53 Å². The molecule has 2 rings (SSSR count). The van der Waals surface area contributed by atoms with E-state index in [0.717, 1.165) is 11.8 Å². The maximum atomic E-state index is 11.5. The SMILES string of the molecule is CC(C)(C)OC(=O)/C=C/C1CC2CCC1C2. The lowest BCUT2D eigenvalue weighted by molar-refractivity contribution is -0.148. The minimum Gasteiger partial charge on any atom is -0.457 e. The van der Waals surface area contributed by atoms with Crippen LogP contribution >= 0.6 is 0 Å². The number of ether oxygens (including phenoxy) is 1. The lowest BCUT2D eigenvalue weighted by Gasteiger charge is -2.19. The molecule has 2 saturated carbocycles. The van der Waals surface area contributed by atoms with Crippen molar-refractivity contribution >= 4 is 5.97 Å². The molecule has 0 saturated heterocycles. The van der Waals surface area contributed by atoms with Gasteiger partial charge in [0.05, 0.1) is 0 Å². The number of carbonyl (C=O) groups is 1. The Labute approximate surface area is 98.1 Å². The van der Waals surface area contributed by atoms with Crippen molar-refractivity contribution in [1.82, 2.24) is 0 Å². The Morgan fingerprint density at radius 1 is 1.25 bits per heavy atom. The molecule has 2 aliphatic carbocycles. The van der Waals surface area contributed by atoms with Crippen LogP contribution in [0, 0.1) is 17.8 Å². The lowest BCUT2D eigenvalue weighted by Crippen LogP contribution is -2.22. The fourth-order valence-electron chi connectivity index (χ4n) is 3.07. The minimum absolute atomic E-state index is 0.199. The van der Waals surface area contributed by atoms with E-state index in [4.69, 9.17) is 4.74 Å². The van der Waals surface area contributed by atoms with Gasteiger partial charge in [-0.2, -0.15) is 0 Å². The van der Waals surface area contributed by atoms with Gasteiger partial charge in [0.1, 0.15) is 5.60 Å². The molecule has 3 atom stereocenters. The zero-order chi connectivity index (χ0) is 11.8. The maximum absolute atomic E-state index is 11.5. The van der Waals surface area contributed by atoms with Gasteiger partial charge in [-0.25, -0.2) is 4.79 Å². The van der Waals surface area contributed by atoms with Crippen molar-refractivity contribution in [3.05, 3.63) is 12.2 Å². The van der Waals surface area contributed by atoms with E-state index in [1.165, 1.54) is 25.7 Å². The normalized spacial score (nSPS) is 33.6. The van der Waals surface area contributed by atoms with Crippen LogP contribution in [-0.4, -0.2) is 11.6 Å². The third kappa shape index (κ3) is 2.87. The molecule has 3 unspecified atom stereocenters. The number of hydrogen-bond acceptors (Lipinski definition) is 2. The van der Waals surface area contributed by atoms with Gasteiger partial charge in [-0.05, 0) is 57.8 Å². The van der Waals surface area contributed by atoms with Crippen LogP contribution < -0.4 is 0 Å². The first-order valence-corrected chi connectivity index (χ1v) is 6.35. The highest BCUT2D eigenvalue weighted by Crippen LogP contribution is 2.48. The Morgan fingerprint density at radius 3 is 2.50 bits per heavy atom. The van der Waals surface area contributed by atoms with Crippen LogP contribution in [0.5, 0.6) is 0 Å². The third-order valence-corrected chi connectivity index (χ3v) is 3.68. The first-order valence-electron chi connectivity index (χ1n) is 6.35. The van der Waals surface area contributed by atoms with Crippen LogP contribution in [0.1, 0.15) is 46.5 Å². The highest BCUT2D eigenvalue weighted by atomic mass is 16.6. The zero-order valence-corrected chi connectivity index (χ0v) is 10.5. The van der Waals surface area contributed by atoms with Crippen molar-refractivity contribution in [2.75, 3.05) is 0 Å². The molecule has 0 heterocycles. The molecule has 0 N–H and O–H groups in total. The summed E-state index contributed by atoms with van der Waals surface area (Å²) in [6.45, 7) is 5.70. The number of allylic oxidation sites excluding steroid dienone is 1. The number of hydrogen-bond donors (Lipinski definition) is 0. The third-order valence-electron chi connectivity index (χ3n) is 3.68. The van der Waals surface area contributed by atoms with E-state index >= 15 is 0 Å². The maximum Gasteiger partial charge on any atom is 0.330 e. The van der Waals surface area contributed by atoms with Gasteiger partial charge < -0.3 is 4.74 Å². The first-order chi connectivity index (χ1) is 7.44. The molecule has 90 valence electrons. The topological polar surface area (TPSA) is 26.3 Å². The largest absolute Gasteiger partial charge is 0.457 e. The highest BCUT2D eigenvalue weighted by Gasteiger charge is 2.38. The fourth-order valence-corrected chi connectivity index (χ4v) is 3.07. The smallest absolute Gasteiger partial charge is 0.330 e. The predicted octanol–water partition coefficient (Wildman–Crippen LogP) is 3.32. The van der Waals surface area contributed by atoms with Crippen molar-refractivity contribution in [3.63, 3.8) is 0 Å². The summed E-state index contributed by atoms with van der Waals surface area (Å²) in [5.41, 5.74) is -0.379. The Morgan fingerprint density at radius 2 is 2.00 bits per heavy atom. The molecule has 0 amide bonds. The lowest BCUT2D eigenvalue weighted by atomic mass is 9.88. The summed E-state index contributed by atoms with van der Waals surface area (Å²) in [4.78, 5) is 11.5. The minimum atomic E-state index is -0.379. The average Bonchev–Trinajstić information content (AvgIpc) is 2.72. The average molecular weight is 222 g/mol. The Bertz CT molecular complexity index is 298. The van der Waals surface area contributed by atoms with E-state index in [-0.39, 0.29) is 11.6 Å². The first kappa shape index (κ1) is 11.7. The van der Waals surface area contributed by atoms with Gasteiger partial charge in [-0.15, -0.1) is 0 Å². The number of rotatable bonds is 2. The summed E-state index contributed by atoms with van der Waals surface area (Å²) in [5, 5.41) is 0. The van der Waals surface area contributed by atoms with Crippen LogP contribution in [0.2, 0.25) is 0 Å². The van der Waals surface area contributed by atoms with E-state index in [9.17, 15) is 4.79 Å². The summed E-state index contributed by atoms with van der Waals surface area (Å²) in [6, 6.07) is 0. The van der Waals surface area contributed by atoms with E-state index in [2.05, 4.69) is 6.08 Å². The van der Waals surface area contributed by atoms with Crippen LogP contribution in [0.4, 0.5) is 0 Å². The molecule has 16 heavy (non-hydrogen) atoms. The number of esters is 1. The van der Waals surface area contributed by atoms with Crippen LogP contribution in [0.25, 0.3) is 0 Å². The second kappa shape index (κ2) is 4.23. The Kier molecular flexibility index (Phi) is 3.09. The molecule has 0 aromatic carbocycles. The van der Waals surface area contributed by atoms with Gasteiger partial charge >= 0.3 is 5.97 Å². The van der Waals surface area contributed by atoms with Gasteiger partial charge in [-0.1, -0.05) is 12.5 Å². The fraction of sp³-hybridized carbons (Fsp3) is 0.786. The summed E-state index contributed by atoms with van der Waals surface area (Å²) in [6.07, 6.45) is 9.14. The van der Waals surface area contributed by atoms with Gasteiger partial charge in [0.25, 0.3) is 0 Å². The second-order valence-corrected chi connectivity index (χ2v) is 6.23. The summed E-state index contributed by atoms with van der Waals surface area (Å²) >= 11 is 0.